The Morgan fingerprint density at radius 3 is 2.63 bits per heavy atom. The van der Waals surface area contributed by atoms with Crippen molar-refractivity contribution < 1.29 is 32.6 Å². The van der Waals surface area contributed by atoms with Crippen LogP contribution in [0.3, 0.4) is 0 Å². The van der Waals surface area contributed by atoms with E-state index in [0.717, 1.165) is 17.7 Å². The second-order valence-electron chi connectivity index (χ2n) is 8.16. The van der Waals surface area contributed by atoms with Crippen LogP contribution in [-0.2, 0) is 27.9 Å². The molecule has 0 aliphatic heterocycles. The van der Waals surface area contributed by atoms with Crippen LogP contribution in [0.4, 0.5) is 18.9 Å². The number of amides is 2. The van der Waals surface area contributed by atoms with Gasteiger partial charge in [-0.1, -0.05) is 35.9 Å². The van der Waals surface area contributed by atoms with Gasteiger partial charge in [0.15, 0.2) is 0 Å². The molecule has 0 bridgehead atoms. The molecule has 0 fully saturated rings. The number of aliphatic hydroxyl groups is 1. The minimum atomic E-state index is -4.38. The van der Waals surface area contributed by atoms with Crippen LogP contribution in [0, 0.1) is 0 Å². The number of hydrogen-bond acceptors (Lipinski definition) is 6. The molecule has 2 aromatic rings. The molecule has 3 N–H and O–H groups in total. The lowest BCUT2D eigenvalue weighted by Crippen LogP contribution is -2.22. The number of hydrazone groups is 1. The number of thioether (sulfide) groups is 1. The molecule has 12 heteroatoms. The molecule has 0 saturated heterocycles. The highest BCUT2D eigenvalue weighted by molar-refractivity contribution is 7.99. The number of carbonyl (C=O) groups is 2. The molecule has 2 amide bonds. The molecule has 38 heavy (non-hydrogen) atoms. The highest BCUT2D eigenvalue weighted by atomic mass is 35.5. The van der Waals surface area contributed by atoms with Gasteiger partial charge in [-0.05, 0) is 41.8 Å². The topological polar surface area (TPSA) is 100 Å². The molecule has 0 saturated carbocycles. The molecular formula is C26H25ClF3N3O4S. The van der Waals surface area contributed by atoms with Crippen molar-refractivity contribution >= 4 is 47.1 Å². The van der Waals surface area contributed by atoms with Crippen molar-refractivity contribution in [3.63, 3.8) is 0 Å². The fraction of sp³-hybridized carbons (Fsp3) is 0.269. The Bertz CT molecular complexity index is 1250. The normalized spacial score (nSPS) is 15.6. The number of hydrogen-bond donors (Lipinski definition) is 3. The fourth-order valence-electron chi connectivity index (χ4n) is 3.37. The maximum atomic E-state index is 12.7. The van der Waals surface area contributed by atoms with E-state index >= 15 is 0 Å². The van der Waals surface area contributed by atoms with E-state index in [0.29, 0.717) is 34.7 Å². The van der Waals surface area contributed by atoms with E-state index in [-0.39, 0.29) is 23.1 Å². The number of benzene rings is 2. The molecular weight excluding hydrogens is 543 g/mol. The zero-order valence-electron chi connectivity index (χ0n) is 20.2. The van der Waals surface area contributed by atoms with E-state index in [1.165, 1.54) is 43.3 Å². The summed E-state index contributed by atoms with van der Waals surface area (Å²) < 4.78 is 43.4. The van der Waals surface area contributed by atoms with Crippen LogP contribution in [0.25, 0.3) is 0 Å². The number of anilines is 1. The van der Waals surface area contributed by atoms with Crippen molar-refractivity contribution in [2.75, 3.05) is 18.2 Å². The number of aliphatic hydroxyl groups excluding tert-OH is 1. The standard InChI is InChI=1S/C26H25ClF3N3O4S/c1-37-23-13-20(32-24(35)15-38-14-16-2-6-19(7-3-16)26(28,29)30)8-4-17(23)10-11-31-33-25(36)18-5-9-22(34)21(27)12-18/h2-8,11-13,22,34H,9-10,14-15H2,1H3,(H,32,35)(H,33,36)/b31-11+. The Labute approximate surface area is 226 Å². The number of ether oxygens (including phenoxy) is 1. The number of nitrogens with zero attached hydrogens (tertiary/aromatic N) is 1. The Kier molecular flexibility index (Phi) is 10.4. The van der Waals surface area contributed by atoms with Gasteiger partial charge in [-0.25, -0.2) is 5.43 Å². The van der Waals surface area contributed by atoms with E-state index in [2.05, 4.69) is 15.8 Å². The summed E-state index contributed by atoms with van der Waals surface area (Å²) in [5, 5.41) is 16.5. The lowest BCUT2D eigenvalue weighted by atomic mass is 10.0. The maximum Gasteiger partial charge on any atom is 0.416 e. The van der Waals surface area contributed by atoms with Crippen molar-refractivity contribution in [3.8, 4) is 5.75 Å². The van der Waals surface area contributed by atoms with Crippen LogP contribution >= 0.6 is 23.4 Å². The predicted molar refractivity (Wildman–Crippen MR) is 142 cm³/mol. The zero-order chi connectivity index (χ0) is 27.7. The average molecular weight is 568 g/mol. The van der Waals surface area contributed by atoms with Gasteiger partial charge in [0.1, 0.15) is 5.75 Å². The minimum absolute atomic E-state index is 0.118. The smallest absolute Gasteiger partial charge is 0.416 e. The highest BCUT2D eigenvalue weighted by Crippen LogP contribution is 2.30. The summed E-state index contributed by atoms with van der Waals surface area (Å²) >= 11 is 7.15. The number of alkyl halides is 3. The number of halogens is 4. The third kappa shape index (κ3) is 8.64. The Balaban J connectivity index is 1.46. The first-order valence-electron chi connectivity index (χ1n) is 11.3. The minimum Gasteiger partial charge on any atom is -0.496 e. The van der Waals surface area contributed by atoms with Crippen LogP contribution in [0.5, 0.6) is 5.75 Å². The van der Waals surface area contributed by atoms with Gasteiger partial charge in [0.2, 0.25) is 5.91 Å². The molecule has 0 heterocycles. The monoisotopic (exact) mass is 567 g/mol. The third-order valence-electron chi connectivity index (χ3n) is 5.36. The number of rotatable bonds is 10. The van der Waals surface area contributed by atoms with Crippen molar-refractivity contribution in [2.24, 2.45) is 5.10 Å². The molecule has 1 aliphatic rings. The van der Waals surface area contributed by atoms with E-state index in [1.807, 2.05) is 0 Å². The molecule has 0 spiro atoms. The molecule has 0 aromatic heterocycles. The van der Waals surface area contributed by atoms with Crippen LogP contribution in [0.15, 0.2) is 70.3 Å². The summed E-state index contributed by atoms with van der Waals surface area (Å²) in [6, 6.07) is 9.96. The number of methoxy groups -OCH3 is 1. The van der Waals surface area contributed by atoms with Crippen LogP contribution in [0.1, 0.15) is 23.1 Å². The average Bonchev–Trinajstić information content (AvgIpc) is 2.88. The van der Waals surface area contributed by atoms with Crippen LogP contribution < -0.4 is 15.5 Å². The molecule has 1 aliphatic carbocycles. The predicted octanol–water partition coefficient (Wildman–Crippen LogP) is 5.04. The van der Waals surface area contributed by atoms with E-state index in [9.17, 15) is 27.9 Å². The van der Waals surface area contributed by atoms with Gasteiger partial charge in [0.25, 0.3) is 5.91 Å². The molecule has 3 rings (SSSR count). The summed E-state index contributed by atoms with van der Waals surface area (Å²) in [6.45, 7) is 0. The van der Waals surface area contributed by atoms with E-state index < -0.39 is 23.8 Å². The zero-order valence-corrected chi connectivity index (χ0v) is 21.8. The Morgan fingerprint density at radius 2 is 1.97 bits per heavy atom. The number of carbonyl (C=O) groups excluding carboxylic acids is 2. The summed E-state index contributed by atoms with van der Waals surface area (Å²) in [6.07, 6.45) is -0.127. The van der Waals surface area contributed by atoms with E-state index in [1.54, 1.807) is 24.3 Å². The van der Waals surface area contributed by atoms with Gasteiger partial charge in [-0.15, -0.1) is 11.8 Å². The molecule has 2 aromatic carbocycles. The summed E-state index contributed by atoms with van der Waals surface area (Å²) in [7, 11) is 1.49. The quantitative estimate of drug-likeness (QED) is 0.276. The van der Waals surface area contributed by atoms with Gasteiger partial charge in [-0.2, -0.15) is 18.3 Å². The molecule has 202 valence electrons. The Hall–Kier alpha value is -3.28. The van der Waals surface area contributed by atoms with Gasteiger partial charge in [0.05, 0.1) is 24.5 Å². The van der Waals surface area contributed by atoms with Gasteiger partial charge < -0.3 is 15.2 Å². The molecule has 7 nitrogen and oxygen atoms in total. The van der Waals surface area contributed by atoms with Crippen molar-refractivity contribution in [3.05, 3.63) is 81.9 Å². The summed E-state index contributed by atoms with van der Waals surface area (Å²) in [4.78, 5) is 24.5. The second-order valence-corrected chi connectivity index (χ2v) is 9.58. The van der Waals surface area contributed by atoms with Gasteiger partial charge in [0, 0.05) is 40.7 Å². The van der Waals surface area contributed by atoms with E-state index in [4.69, 9.17) is 16.3 Å². The molecule has 1 unspecified atom stereocenters. The van der Waals surface area contributed by atoms with Crippen molar-refractivity contribution in [1.82, 2.24) is 5.43 Å². The number of nitrogens with one attached hydrogen (secondary N) is 2. The third-order valence-corrected chi connectivity index (χ3v) is 6.72. The Morgan fingerprint density at radius 1 is 1.24 bits per heavy atom. The van der Waals surface area contributed by atoms with Crippen LogP contribution in [0.2, 0.25) is 0 Å². The van der Waals surface area contributed by atoms with Crippen LogP contribution in [-0.4, -0.2) is 42.1 Å². The summed E-state index contributed by atoms with van der Waals surface area (Å²) in [5.74, 6) is 0.309. The first kappa shape index (κ1) is 29.3. The first-order chi connectivity index (χ1) is 18.1. The highest BCUT2D eigenvalue weighted by Gasteiger charge is 2.29. The maximum absolute atomic E-state index is 12.7. The SMILES string of the molecule is COc1cc(NC(=O)CSCc2ccc(C(F)(F)F)cc2)ccc1C/C=N/NC(=O)C1=CCC(O)C(Cl)=C1. The fourth-order valence-corrected chi connectivity index (χ4v) is 4.36. The molecule has 0 radical (unpaired) electrons. The lowest BCUT2D eigenvalue weighted by Gasteiger charge is -2.13. The van der Waals surface area contributed by atoms with Gasteiger partial charge >= 0.3 is 6.18 Å². The summed E-state index contributed by atoms with van der Waals surface area (Å²) in [5.41, 5.74) is 3.98. The second kappa shape index (κ2) is 13.5. The van der Waals surface area contributed by atoms with Crippen molar-refractivity contribution in [1.29, 1.82) is 0 Å². The van der Waals surface area contributed by atoms with Crippen molar-refractivity contribution in [2.45, 2.75) is 30.9 Å². The first-order valence-corrected chi connectivity index (χ1v) is 12.9. The van der Waals surface area contributed by atoms with Gasteiger partial charge in [-0.3, -0.25) is 9.59 Å². The largest absolute Gasteiger partial charge is 0.496 e. The molecule has 1 atom stereocenters. The lowest BCUT2D eigenvalue weighted by molar-refractivity contribution is -0.137.